The van der Waals surface area contributed by atoms with Crippen LogP contribution in [-0.2, 0) is 22.1 Å². The van der Waals surface area contributed by atoms with Crippen molar-refractivity contribution in [1.29, 1.82) is 0 Å². The van der Waals surface area contributed by atoms with E-state index in [1.807, 2.05) is 0 Å². The molecule has 0 bridgehead atoms. The van der Waals surface area contributed by atoms with Gasteiger partial charge in [-0.15, -0.1) is 0 Å². The van der Waals surface area contributed by atoms with Gasteiger partial charge in [0.1, 0.15) is 6.61 Å². The highest BCUT2D eigenvalue weighted by molar-refractivity contribution is 5.65. The maximum absolute atomic E-state index is 12.3. The Labute approximate surface area is 103 Å². The van der Waals surface area contributed by atoms with Crippen LogP contribution in [0.15, 0.2) is 36.4 Å². The number of ether oxygens (including phenoxy) is 1. The van der Waals surface area contributed by atoms with Crippen LogP contribution >= 0.6 is 0 Å². The Bertz CT molecular complexity index is 419. The van der Waals surface area contributed by atoms with Gasteiger partial charge in [-0.05, 0) is 24.1 Å². The summed E-state index contributed by atoms with van der Waals surface area (Å²) in [7, 11) is 0. The van der Waals surface area contributed by atoms with Gasteiger partial charge in [0, 0.05) is 6.92 Å². The number of hydrogen-bond acceptors (Lipinski definition) is 2. The number of benzene rings is 1. The molecular formula is C13H13F3O2. The third kappa shape index (κ3) is 5.03. The largest absolute Gasteiger partial charge is 0.462 e. The summed E-state index contributed by atoms with van der Waals surface area (Å²) in [5.74, 6) is -0.366. The number of alkyl halides is 3. The Kier molecular flexibility index (Phi) is 4.95. The fourth-order valence-electron chi connectivity index (χ4n) is 1.28. The molecule has 1 rings (SSSR count). The third-order valence-corrected chi connectivity index (χ3v) is 2.18. The van der Waals surface area contributed by atoms with Crippen molar-refractivity contribution in [3.8, 4) is 0 Å². The van der Waals surface area contributed by atoms with E-state index < -0.39 is 11.7 Å². The molecule has 0 heterocycles. The van der Waals surface area contributed by atoms with Crippen LogP contribution in [0.5, 0.6) is 0 Å². The highest BCUT2D eigenvalue weighted by Crippen LogP contribution is 2.29. The number of carbonyl (C=O) groups is 1. The predicted molar refractivity (Wildman–Crippen MR) is 60.9 cm³/mol. The van der Waals surface area contributed by atoms with Crippen molar-refractivity contribution in [1.82, 2.24) is 0 Å². The molecule has 1 aromatic rings. The number of esters is 1. The van der Waals surface area contributed by atoms with Crippen molar-refractivity contribution in [2.24, 2.45) is 0 Å². The average molecular weight is 258 g/mol. The maximum Gasteiger partial charge on any atom is 0.416 e. The Hall–Kier alpha value is -1.78. The lowest BCUT2D eigenvalue weighted by Gasteiger charge is -2.06. The molecule has 0 saturated heterocycles. The van der Waals surface area contributed by atoms with E-state index in [0.717, 1.165) is 17.7 Å². The van der Waals surface area contributed by atoms with Crippen LogP contribution in [-0.4, -0.2) is 12.6 Å². The van der Waals surface area contributed by atoms with Crippen molar-refractivity contribution in [3.63, 3.8) is 0 Å². The van der Waals surface area contributed by atoms with Crippen molar-refractivity contribution in [3.05, 3.63) is 47.5 Å². The molecule has 98 valence electrons. The topological polar surface area (TPSA) is 26.3 Å². The van der Waals surface area contributed by atoms with Crippen LogP contribution < -0.4 is 0 Å². The lowest BCUT2D eigenvalue weighted by molar-refractivity contribution is -0.140. The summed E-state index contributed by atoms with van der Waals surface area (Å²) in [4.78, 5) is 10.4. The minimum absolute atomic E-state index is 0.177. The minimum atomic E-state index is -4.30. The van der Waals surface area contributed by atoms with Gasteiger partial charge < -0.3 is 4.74 Å². The normalized spacial score (nSPS) is 11.8. The van der Waals surface area contributed by atoms with E-state index in [-0.39, 0.29) is 12.6 Å². The zero-order chi connectivity index (χ0) is 13.6. The van der Waals surface area contributed by atoms with E-state index in [1.165, 1.54) is 19.1 Å². The van der Waals surface area contributed by atoms with Gasteiger partial charge in [-0.3, -0.25) is 4.79 Å². The molecule has 1 aromatic carbocycles. The summed E-state index contributed by atoms with van der Waals surface area (Å²) in [5.41, 5.74) is 0.109. The molecule has 18 heavy (non-hydrogen) atoms. The molecular weight excluding hydrogens is 245 g/mol. The first-order chi connectivity index (χ1) is 8.39. The second kappa shape index (κ2) is 6.23. The molecule has 0 unspecified atom stereocenters. The number of allylic oxidation sites excluding steroid dienone is 1. The van der Waals surface area contributed by atoms with Gasteiger partial charge in [-0.25, -0.2) is 0 Å². The molecule has 0 aliphatic rings. The van der Waals surface area contributed by atoms with Crippen LogP contribution in [0.1, 0.15) is 18.1 Å². The fraction of sp³-hybridized carbons (Fsp3) is 0.308. The minimum Gasteiger partial charge on any atom is -0.462 e. The second-order valence-corrected chi connectivity index (χ2v) is 3.67. The van der Waals surface area contributed by atoms with E-state index in [2.05, 4.69) is 4.74 Å². The molecule has 0 aliphatic carbocycles. The number of carbonyl (C=O) groups excluding carboxylic acids is 1. The van der Waals surface area contributed by atoms with E-state index >= 15 is 0 Å². The van der Waals surface area contributed by atoms with Gasteiger partial charge >= 0.3 is 12.1 Å². The average Bonchev–Trinajstić information content (AvgIpc) is 2.27. The molecule has 0 amide bonds. The summed E-state index contributed by atoms with van der Waals surface area (Å²) < 4.78 is 41.5. The van der Waals surface area contributed by atoms with E-state index in [4.69, 9.17) is 0 Å². The Morgan fingerprint density at radius 1 is 1.22 bits per heavy atom. The summed E-state index contributed by atoms with van der Waals surface area (Å²) in [6.07, 6.45) is -0.409. The molecule has 0 N–H and O–H groups in total. The first-order valence-corrected chi connectivity index (χ1v) is 5.34. The maximum atomic E-state index is 12.3. The van der Waals surface area contributed by atoms with Crippen LogP contribution in [0.4, 0.5) is 13.2 Å². The van der Waals surface area contributed by atoms with E-state index in [9.17, 15) is 18.0 Å². The number of hydrogen-bond donors (Lipinski definition) is 0. The summed E-state index contributed by atoms with van der Waals surface area (Å²) in [6, 6.07) is 4.96. The van der Waals surface area contributed by atoms with Crippen molar-refractivity contribution < 1.29 is 22.7 Å². The first-order valence-electron chi connectivity index (χ1n) is 5.34. The number of rotatable bonds is 4. The molecule has 0 spiro atoms. The van der Waals surface area contributed by atoms with E-state index in [1.54, 1.807) is 12.2 Å². The Balaban J connectivity index is 2.47. The monoisotopic (exact) mass is 258 g/mol. The molecule has 0 fully saturated rings. The molecule has 0 aliphatic heterocycles. The van der Waals surface area contributed by atoms with Crippen LogP contribution in [0.25, 0.3) is 0 Å². The van der Waals surface area contributed by atoms with Crippen molar-refractivity contribution in [2.75, 3.05) is 6.61 Å². The second-order valence-electron chi connectivity index (χ2n) is 3.67. The molecule has 0 saturated carbocycles. The lowest BCUT2D eigenvalue weighted by Crippen LogP contribution is -2.04. The lowest BCUT2D eigenvalue weighted by atomic mass is 10.1. The van der Waals surface area contributed by atoms with Gasteiger partial charge in [0.2, 0.25) is 0 Å². The van der Waals surface area contributed by atoms with Crippen molar-refractivity contribution >= 4 is 5.97 Å². The van der Waals surface area contributed by atoms with Gasteiger partial charge in [0.25, 0.3) is 0 Å². The summed E-state index contributed by atoms with van der Waals surface area (Å²) in [5, 5.41) is 0. The van der Waals surface area contributed by atoms with Crippen molar-refractivity contribution in [2.45, 2.75) is 19.5 Å². The zero-order valence-corrected chi connectivity index (χ0v) is 9.83. The predicted octanol–water partition coefficient (Wildman–Crippen LogP) is 3.37. The van der Waals surface area contributed by atoms with Crippen LogP contribution in [0, 0.1) is 0 Å². The fourth-order valence-corrected chi connectivity index (χ4v) is 1.28. The quantitative estimate of drug-likeness (QED) is 0.611. The molecule has 2 nitrogen and oxygen atoms in total. The van der Waals surface area contributed by atoms with Gasteiger partial charge in [-0.2, -0.15) is 13.2 Å². The molecule has 0 atom stereocenters. The summed E-state index contributed by atoms with van der Waals surface area (Å²) in [6.45, 7) is 1.49. The Morgan fingerprint density at radius 2 is 1.83 bits per heavy atom. The van der Waals surface area contributed by atoms with Gasteiger partial charge in [-0.1, -0.05) is 24.3 Å². The zero-order valence-electron chi connectivity index (χ0n) is 9.83. The Morgan fingerprint density at radius 3 is 2.33 bits per heavy atom. The molecule has 0 aromatic heterocycles. The van der Waals surface area contributed by atoms with Crippen LogP contribution in [0.2, 0.25) is 0 Å². The first kappa shape index (κ1) is 14.3. The highest BCUT2D eigenvalue weighted by atomic mass is 19.4. The van der Waals surface area contributed by atoms with Crippen LogP contribution in [0.3, 0.4) is 0 Å². The molecule has 5 heteroatoms. The third-order valence-electron chi connectivity index (χ3n) is 2.18. The van der Waals surface area contributed by atoms with E-state index in [0.29, 0.717) is 6.42 Å². The SMILES string of the molecule is CC(=O)OC/C=C/Cc1ccc(C(F)(F)F)cc1. The standard InChI is InChI=1S/C13H13F3O2/c1-10(17)18-9-3-2-4-11-5-7-12(8-6-11)13(14,15)16/h2-3,5-8H,4,9H2,1H3/b3-2+. The van der Waals surface area contributed by atoms with Gasteiger partial charge in [0.15, 0.2) is 0 Å². The molecule has 0 radical (unpaired) electrons. The smallest absolute Gasteiger partial charge is 0.416 e. The van der Waals surface area contributed by atoms with Gasteiger partial charge in [0.05, 0.1) is 5.56 Å². The highest BCUT2D eigenvalue weighted by Gasteiger charge is 2.29. The number of halogens is 3. The summed E-state index contributed by atoms with van der Waals surface area (Å²) >= 11 is 0.